The summed E-state index contributed by atoms with van der Waals surface area (Å²) < 4.78 is 0. The Hall–Kier alpha value is -2.08. The molecule has 2 rings (SSSR count). The number of carbonyl (C=O) groups excluding carboxylic acids is 1. The average molecular weight is 292 g/mol. The third kappa shape index (κ3) is 3.72. The van der Waals surface area contributed by atoms with Crippen LogP contribution in [0.1, 0.15) is 19.3 Å². The summed E-state index contributed by atoms with van der Waals surface area (Å²) in [4.78, 5) is 26.6. The number of benzene rings is 1. The summed E-state index contributed by atoms with van der Waals surface area (Å²) in [5.74, 6) is -1.07. The number of carboxylic acid groups (broad SMARTS) is 1. The maximum atomic E-state index is 12.7. The van der Waals surface area contributed by atoms with E-state index in [0.717, 1.165) is 19.3 Å². The van der Waals surface area contributed by atoms with Crippen molar-refractivity contribution in [2.45, 2.75) is 25.3 Å². The van der Waals surface area contributed by atoms with Gasteiger partial charge in [-0.2, -0.15) is 0 Å². The monoisotopic (exact) mass is 292 g/mol. The first-order chi connectivity index (χ1) is 10.1. The fourth-order valence-corrected chi connectivity index (χ4v) is 2.41. The number of aliphatic hydroxyl groups excluding tert-OH is 1. The predicted molar refractivity (Wildman–Crippen MR) is 78.3 cm³/mol. The van der Waals surface area contributed by atoms with E-state index in [1.807, 2.05) is 6.07 Å². The molecule has 0 unspecified atom stereocenters. The molecule has 1 aliphatic rings. The first-order valence-corrected chi connectivity index (χ1v) is 7.09. The minimum atomic E-state index is -1.07. The lowest BCUT2D eigenvalue weighted by atomic mass is 9.91. The molecule has 1 fully saturated rings. The van der Waals surface area contributed by atoms with Crippen molar-refractivity contribution in [3.8, 4) is 0 Å². The standard InChI is InChI=1S/C15H20N2O4/c18-10-9-16(12-7-4-8-12)15(21)17(11-14(19)20)13-5-2-1-3-6-13/h1-3,5-6,12,18H,4,7-11H2,(H,19,20). The van der Waals surface area contributed by atoms with Crippen molar-refractivity contribution in [3.63, 3.8) is 0 Å². The minimum absolute atomic E-state index is 0.102. The summed E-state index contributed by atoms with van der Waals surface area (Å²) >= 11 is 0. The van der Waals surface area contributed by atoms with E-state index < -0.39 is 12.5 Å². The van der Waals surface area contributed by atoms with Crippen LogP contribution in [0.2, 0.25) is 0 Å². The third-order valence-electron chi connectivity index (χ3n) is 3.69. The highest BCUT2D eigenvalue weighted by molar-refractivity contribution is 5.96. The lowest BCUT2D eigenvalue weighted by Gasteiger charge is -2.39. The number of amides is 2. The number of nitrogens with zero attached hydrogens (tertiary/aromatic N) is 2. The summed E-state index contributed by atoms with van der Waals surface area (Å²) in [6.07, 6.45) is 2.87. The number of anilines is 1. The van der Waals surface area contributed by atoms with Crippen molar-refractivity contribution in [1.82, 2.24) is 4.90 Å². The van der Waals surface area contributed by atoms with Crippen molar-refractivity contribution in [2.24, 2.45) is 0 Å². The molecule has 0 radical (unpaired) electrons. The van der Waals surface area contributed by atoms with Crippen molar-refractivity contribution in [1.29, 1.82) is 0 Å². The number of aliphatic carboxylic acids is 1. The van der Waals surface area contributed by atoms with Crippen LogP contribution in [0, 0.1) is 0 Å². The molecule has 0 spiro atoms. The molecular formula is C15H20N2O4. The molecule has 2 N–H and O–H groups in total. The van der Waals surface area contributed by atoms with Gasteiger partial charge < -0.3 is 15.1 Å². The second kappa shape index (κ2) is 7.08. The van der Waals surface area contributed by atoms with Crippen LogP contribution in [0.25, 0.3) is 0 Å². The maximum Gasteiger partial charge on any atom is 0.325 e. The molecule has 1 aromatic rings. The van der Waals surface area contributed by atoms with Gasteiger partial charge in [0.2, 0.25) is 0 Å². The van der Waals surface area contributed by atoms with E-state index in [0.29, 0.717) is 5.69 Å². The highest BCUT2D eigenvalue weighted by atomic mass is 16.4. The molecule has 21 heavy (non-hydrogen) atoms. The van der Waals surface area contributed by atoms with Crippen LogP contribution < -0.4 is 4.90 Å². The number of para-hydroxylation sites is 1. The van der Waals surface area contributed by atoms with Crippen LogP contribution in [0.4, 0.5) is 10.5 Å². The van der Waals surface area contributed by atoms with Gasteiger partial charge in [-0.1, -0.05) is 18.2 Å². The van der Waals surface area contributed by atoms with E-state index in [-0.39, 0.29) is 25.2 Å². The van der Waals surface area contributed by atoms with E-state index >= 15 is 0 Å². The summed E-state index contributed by atoms with van der Waals surface area (Å²) in [7, 11) is 0. The second-order valence-corrected chi connectivity index (χ2v) is 5.10. The fourth-order valence-electron chi connectivity index (χ4n) is 2.41. The van der Waals surface area contributed by atoms with Crippen LogP contribution >= 0.6 is 0 Å². The van der Waals surface area contributed by atoms with Crippen LogP contribution in [0.3, 0.4) is 0 Å². The molecule has 114 valence electrons. The molecule has 0 aliphatic heterocycles. The smallest absolute Gasteiger partial charge is 0.325 e. The topological polar surface area (TPSA) is 81.1 Å². The van der Waals surface area contributed by atoms with E-state index in [4.69, 9.17) is 10.2 Å². The molecule has 0 saturated heterocycles. The quantitative estimate of drug-likeness (QED) is 0.833. The summed E-state index contributed by atoms with van der Waals surface area (Å²) in [5, 5.41) is 18.2. The van der Waals surface area contributed by atoms with E-state index in [1.165, 1.54) is 4.90 Å². The van der Waals surface area contributed by atoms with Gasteiger partial charge in [-0.15, -0.1) is 0 Å². The zero-order valence-corrected chi connectivity index (χ0v) is 11.8. The van der Waals surface area contributed by atoms with Crippen molar-refractivity contribution < 1.29 is 19.8 Å². The Morgan fingerprint density at radius 2 is 1.86 bits per heavy atom. The van der Waals surface area contributed by atoms with Crippen molar-refractivity contribution in [2.75, 3.05) is 24.6 Å². The summed E-state index contributed by atoms with van der Waals surface area (Å²) in [6, 6.07) is 8.49. The highest BCUT2D eigenvalue weighted by Crippen LogP contribution is 2.26. The van der Waals surface area contributed by atoms with Crippen molar-refractivity contribution >= 4 is 17.7 Å². The number of hydrogen-bond donors (Lipinski definition) is 2. The van der Waals surface area contributed by atoms with Crippen LogP contribution in [0.5, 0.6) is 0 Å². The molecule has 6 nitrogen and oxygen atoms in total. The summed E-state index contributed by atoms with van der Waals surface area (Å²) in [5.41, 5.74) is 0.548. The van der Waals surface area contributed by atoms with Crippen LogP contribution in [-0.4, -0.2) is 52.9 Å². The van der Waals surface area contributed by atoms with Crippen LogP contribution in [0.15, 0.2) is 30.3 Å². The van der Waals surface area contributed by atoms with Gasteiger partial charge in [0.1, 0.15) is 6.54 Å². The molecule has 0 aromatic heterocycles. The van der Waals surface area contributed by atoms with Gasteiger partial charge in [-0.3, -0.25) is 9.69 Å². The Morgan fingerprint density at radius 1 is 1.19 bits per heavy atom. The zero-order valence-electron chi connectivity index (χ0n) is 11.8. The van der Waals surface area contributed by atoms with E-state index in [2.05, 4.69) is 0 Å². The van der Waals surface area contributed by atoms with Gasteiger partial charge >= 0.3 is 12.0 Å². The molecule has 6 heteroatoms. The number of rotatable bonds is 6. The number of urea groups is 1. The zero-order chi connectivity index (χ0) is 15.2. The first kappa shape index (κ1) is 15.3. The van der Waals surface area contributed by atoms with Gasteiger partial charge in [0.05, 0.1) is 6.61 Å². The highest BCUT2D eigenvalue weighted by Gasteiger charge is 2.32. The van der Waals surface area contributed by atoms with Gasteiger partial charge in [0.25, 0.3) is 0 Å². The molecule has 0 heterocycles. The lowest BCUT2D eigenvalue weighted by molar-refractivity contribution is -0.135. The lowest BCUT2D eigenvalue weighted by Crippen LogP contribution is -2.52. The number of aliphatic hydroxyl groups is 1. The Balaban J connectivity index is 2.21. The Labute approximate surface area is 123 Å². The molecule has 0 atom stereocenters. The number of carbonyl (C=O) groups is 2. The largest absolute Gasteiger partial charge is 0.480 e. The number of carboxylic acids is 1. The van der Waals surface area contributed by atoms with E-state index in [1.54, 1.807) is 29.2 Å². The number of hydrogen-bond acceptors (Lipinski definition) is 3. The SMILES string of the molecule is O=C(O)CN(C(=O)N(CCO)C1CCC1)c1ccccc1. The molecular weight excluding hydrogens is 272 g/mol. The van der Waals surface area contributed by atoms with Gasteiger partial charge in [-0.25, -0.2) is 4.79 Å². The molecule has 0 bridgehead atoms. The van der Waals surface area contributed by atoms with Gasteiger partial charge in [0.15, 0.2) is 0 Å². The van der Waals surface area contributed by atoms with Crippen molar-refractivity contribution in [3.05, 3.63) is 30.3 Å². The molecule has 1 aliphatic carbocycles. The van der Waals surface area contributed by atoms with E-state index in [9.17, 15) is 9.59 Å². The van der Waals surface area contributed by atoms with Gasteiger partial charge in [-0.05, 0) is 31.4 Å². The molecule has 1 aromatic carbocycles. The Bertz CT molecular complexity index is 488. The first-order valence-electron chi connectivity index (χ1n) is 7.09. The maximum absolute atomic E-state index is 12.7. The average Bonchev–Trinajstić information content (AvgIpc) is 2.42. The Morgan fingerprint density at radius 3 is 2.33 bits per heavy atom. The predicted octanol–water partition coefficient (Wildman–Crippen LogP) is 1.54. The Kier molecular flexibility index (Phi) is 5.16. The molecule has 1 saturated carbocycles. The fraction of sp³-hybridized carbons (Fsp3) is 0.467. The summed E-state index contributed by atoms with van der Waals surface area (Å²) in [6.45, 7) is -0.290. The minimum Gasteiger partial charge on any atom is -0.480 e. The molecule has 2 amide bonds. The van der Waals surface area contributed by atoms with Crippen LogP contribution in [-0.2, 0) is 4.79 Å². The third-order valence-corrected chi connectivity index (χ3v) is 3.69. The second-order valence-electron chi connectivity index (χ2n) is 5.10. The normalized spacial score (nSPS) is 14.3. The van der Waals surface area contributed by atoms with Gasteiger partial charge in [0, 0.05) is 18.3 Å².